The van der Waals surface area contributed by atoms with E-state index in [0.29, 0.717) is 31.6 Å². The number of carbonyl (C=O) groups is 3. The number of hydrogen-bond acceptors (Lipinski definition) is 4. The Kier molecular flexibility index (Phi) is 4.66. The van der Waals surface area contributed by atoms with Gasteiger partial charge in [0.05, 0.1) is 38.2 Å². The van der Waals surface area contributed by atoms with Gasteiger partial charge in [0.15, 0.2) is 6.04 Å². The first kappa shape index (κ1) is 16.6. The van der Waals surface area contributed by atoms with Crippen LogP contribution in [0.4, 0.5) is 5.69 Å². The molecule has 0 spiro atoms. The van der Waals surface area contributed by atoms with Crippen LogP contribution in [0.2, 0.25) is 0 Å². The highest BCUT2D eigenvalue weighted by molar-refractivity contribution is 6.22. The third-order valence-electron chi connectivity index (χ3n) is 5.16. The number of anilines is 1. The molecule has 1 atom stereocenters. The molecule has 1 aromatic rings. The van der Waals surface area contributed by atoms with Crippen molar-refractivity contribution in [3.8, 4) is 0 Å². The molecule has 0 radical (unpaired) electrons. The van der Waals surface area contributed by atoms with Crippen LogP contribution < -0.4 is 9.80 Å². The minimum Gasteiger partial charge on any atom is -0.469 e. The normalized spacial score (nSPS) is 27.4. The predicted octanol–water partition coefficient (Wildman–Crippen LogP) is 0.0948. The number of benzene rings is 1. The van der Waals surface area contributed by atoms with Crippen molar-refractivity contribution < 1.29 is 24.0 Å². The van der Waals surface area contributed by atoms with Gasteiger partial charge < -0.3 is 9.64 Å². The molecule has 0 bridgehead atoms. The average Bonchev–Trinajstić information content (AvgIpc) is 2.89. The lowest BCUT2D eigenvalue weighted by Gasteiger charge is -2.30. The lowest BCUT2D eigenvalue weighted by atomic mass is 9.95. The van der Waals surface area contributed by atoms with Crippen LogP contribution in [0.1, 0.15) is 24.8 Å². The summed E-state index contributed by atoms with van der Waals surface area (Å²) in [5.41, 5.74) is 1.60. The van der Waals surface area contributed by atoms with E-state index in [1.54, 1.807) is 0 Å². The summed E-state index contributed by atoms with van der Waals surface area (Å²) >= 11 is 0. The van der Waals surface area contributed by atoms with Crippen molar-refractivity contribution in [2.24, 2.45) is 5.92 Å². The number of methoxy groups -OCH3 is 1. The monoisotopic (exact) mass is 331 g/mol. The van der Waals surface area contributed by atoms with Gasteiger partial charge in [-0.2, -0.15) is 0 Å². The summed E-state index contributed by atoms with van der Waals surface area (Å²) in [5, 5.41) is 0. The number of hydrogen-bond donors (Lipinski definition) is 1. The number of likely N-dealkylation sites (tertiary alicyclic amines) is 1. The highest BCUT2D eigenvalue weighted by Gasteiger charge is 2.47. The van der Waals surface area contributed by atoms with Crippen LogP contribution in [-0.4, -0.2) is 44.0 Å². The second kappa shape index (κ2) is 6.73. The lowest BCUT2D eigenvalue weighted by molar-refractivity contribution is -0.920. The second-order valence-corrected chi connectivity index (χ2v) is 6.57. The standard InChI is InChI=1S/C18H22N2O4/c1-12-5-3-4-6-14(12)20-16(21)11-15(17(20)22)19-9-7-13(8-10-19)18(23)24-2/h3-6,13,15H,7-11H2,1-2H3/p+1/t15-/m0/s1. The molecule has 0 aromatic heterocycles. The Balaban J connectivity index is 1.71. The van der Waals surface area contributed by atoms with E-state index in [4.69, 9.17) is 4.74 Å². The number of ether oxygens (including phenoxy) is 1. The Morgan fingerprint density at radius 1 is 1.21 bits per heavy atom. The van der Waals surface area contributed by atoms with E-state index in [0.717, 1.165) is 10.5 Å². The number of nitrogens with zero attached hydrogens (tertiary/aromatic N) is 1. The van der Waals surface area contributed by atoms with Crippen molar-refractivity contribution in [1.29, 1.82) is 0 Å². The minimum atomic E-state index is -0.337. The molecule has 2 heterocycles. The Hall–Kier alpha value is -2.21. The molecule has 0 aliphatic carbocycles. The largest absolute Gasteiger partial charge is 0.469 e. The number of quaternary nitrogens is 1. The molecule has 2 saturated heterocycles. The van der Waals surface area contributed by atoms with Crippen molar-refractivity contribution in [2.75, 3.05) is 25.1 Å². The summed E-state index contributed by atoms with van der Waals surface area (Å²) < 4.78 is 4.80. The van der Waals surface area contributed by atoms with Crippen LogP contribution in [0.15, 0.2) is 24.3 Å². The maximum absolute atomic E-state index is 12.8. The number of nitrogens with one attached hydrogen (secondary N) is 1. The maximum Gasteiger partial charge on any atom is 0.309 e. The van der Waals surface area contributed by atoms with Gasteiger partial charge in [0.25, 0.3) is 5.91 Å². The number of amides is 2. The van der Waals surface area contributed by atoms with E-state index in [-0.39, 0.29) is 36.2 Å². The van der Waals surface area contributed by atoms with Gasteiger partial charge in [0, 0.05) is 12.8 Å². The summed E-state index contributed by atoms with van der Waals surface area (Å²) in [6.07, 6.45) is 1.64. The van der Waals surface area contributed by atoms with E-state index in [1.165, 1.54) is 12.0 Å². The number of piperidine rings is 1. The van der Waals surface area contributed by atoms with Gasteiger partial charge in [-0.15, -0.1) is 0 Å². The number of carbonyl (C=O) groups excluding carboxylic acids is 3. The molecule has 1 aromatic carbocycles. The number of imide groups is 1. The van der Waals surface area contributed by atoms with Gasteiger partial charge in [0.1, 0.15) is 0 Å². The Morgan fingerprint density at radius 2 is 1.88 bits per heavy atom. The van der Waals surface area contributed by atoms with Crippen LogP contribution in [0.3, 0.4) is 0 Å². The van der Waals surface area contributed by atoms with Crippen LogP contribution in [-0.2, 0) is 19.1 Å². The SMILES string of the molecule is COC(=O)C1CC[NH+]([C@H]2CC(=O)N(c3ccccc3C)C2=O)CC1. The van der Waals surface area contributed by atoms with Crippen LogP contribution in [0.25, 0.3) is 0 Å². The van der Waals surface area contributed by atoms with Crippen molar-refractivity contribution in [2.45, 2.75) is 32.2 Å². The number of rotatable bonds is 3. The molecule has 6 nitrogen and oxygen atoms in total. The van der Waals surface area contributed by atoms with Gasteiger partial charge in [-0.3, -0.25) is 14.4 Å². The van der Waals surface area contributed by atoms with Crippen molar-refractivity contribution in [3.63, 3.8) is 0 Å². The third kappa shape index (κ3) is 2.94. The summed E-state index contributed by atoms with van der Waals surface area (Å²) in [5.74, 6) is -0.523. The predicted molar refractivity (Wildman–Crippen MR) is 87.5 cm³/mol. The zero-order chi connectivity index (χ0) is 17.3. The van der Waals surface area contributed by atoms with E-state index >= 15 is 0 Å². The van der Waals surface area contributed by atoms with E-state index in [2.05, 4.69) is 0 Å². The molecule has 1 N–H and O–H groups in total. The average molecular weight is 331 g/mol. The summed E-state index contributed by atoms with van der Waals surface area (Å²) in [4.78, 5) is 39.3. The molecule has 24 heavy (non-hydrogen) atoms. The van der Waals surface area contributed by atoms with Gasteiger partial charge in [-0.25, -0.2) is 4.90 Å². The molecule has 0 saturated carbocycles. The van der Waals surface area contributed by atoms with Crippen molar-refractivity contribution in [1.82, 2.24) is 0 Å². The molecular formula is C18H23N2O4+. The molecule has 128 valence electrons. The van der Waals surface area contributed by atoms with E-state index in [9.17, 15) is 14.4 Å². The van der Waals surface area contributed by atoms with Crippen molar-refractivity contribution in [3.05, 3.63) is 29.8 Å². The van der Waals surface area contributed by atoms with Crippen LogP contribution >= 0.6 is 0 Å². The van der Waals surface area contributed by atoms with E-state index in [1.807, 2.05) is 31.2 Å². The highest BCUT2D eigenvalue weighted by Crippen LogP contribution is 2.25. The Bertz CT molecular complexity index is 665. The number of aryl methyl sites for hydroxylation is 1. The molecular weight excluding hydrogens is 308 g/mol. The Morgan fingerprint density at radius 3 is 2.50 bits per heavy atom. The van der Waals surface area contributed by atoms with Gasteiger partial charge in [-0.05, 0) is 18.6 Å². The first-order chi connectivity index (χ1) is 11.5. The fraction of sp³-hybridized carbons (Fsp3) is 0.500. The fourth-order valence-electron chi connectivity index (χ4n) is 3.76. The van der Waals surface area contributed by atoms with Gasteiger partial charge >= 0.3 is 5.97 Å². The van der Waals surface area contributed by atoms with Crippen molar-refractivity contribution >= 4 is 23.5 Å². The smallest absolute Gasteiger partial charge is 0.309 e. The molecule has 0 unspecified atom stereocenters. The maximum atomic E-state index is 12.8. The lowest BCUT2D eigenvalue weighted by Crippen LogP contribution is -3.17. The first-order valence-corrected chi connectivity index (χ1v) is 8.37. The summed E-state index contributed by atoms with van der Waals surface area (Å²) in [7, 11) is 1.40. The first-order valence-electron chi connectivity index (χ1n) is 8.37. The quantitative estimate of drug-likeness (QED) is 0.630. The zero-order valence-electron chi connectivity index (χ0n) is 14.1. The zero-order valence-corrected chi connectivity index (χ0v) is 14.1. The Labute approximate surface area is 141 Å². The summed E-state index contributed by atoms with van der Waals surface area (Å²) in [6, 6.07) is 7.11. The second-order valence-electron chi connectivity index (χ2n) is 6.57. The van der Waals surface area contributed by atoms with Crippen LogP contribution in [0, 0.1) is 12.8 Å². The molecule has 2 amide bonds. The van der Waals surface area contributed by atoms with E-state index < -0.39 is 0 Å². The van der Waals surface area contributed by atoms with Gasteiger partial charge in [0.2, 0.25) is 5.91 Å². The molecule has 2 aliphatic heterocycles. The fourth-order valence-corrected chi connectivity index (χ4v) is 3.76. The van der Waals surface area contributed by atoms with Gasteiger partial charge in [-0.1, -0.05) is 18.2 Å². The van der Waals surface area contributed by atoms with Crippen LogP contribution in [0.5, 0.6) is 0 Å². The molecule has 2 fully saturated rings. The molecule has 6 heteroatoms. The molecule has 3 rings (SSSR count). The number of esters is 1. The minimum absolute atomic E-state index is 0.0848. The highest BCUT2D eigenvalue weighted by atomic mass is 16.5. The summed E-state index contributed by atoms with van der Waals surface area (Å²) in [6.45, 7) is 3.33. The third-order valence-corrected chi connectivity index (χ3v) is 5.16. The number of para-hydroxylation sites is 1. The molecule has 2 aliphatic rings. The topological polar surface area (TPSA) is 68.1 Å².